The van der Waals surface area contributed by atoms with Gasteiger partial charge in [-0.1, -0.05) is 18.2 Å². The number of halogens is 2. The summed E-state index contributed by atoms with van der Waals surface area (Å²) in [5.41, 5.74) is 1.67. The first-order valence-electron chi connectivity index (χ1n) is 7.50. The predicted octanol–water partition coefficient (Wildman–Crippen LogP) is 3.79. The number of carbonyl (C=O) groups is 2. The van der Waals surface area contributed by atoms with Crippen LogP contribution in [0.1, 0.15) is 5.56 Å². The zero-order valence-electron chi connectivity index (χ0n) is 13.8. The second-order valence-corrected chi connectivity index (χ2v) is 5.03. The van der Waals surface area contributed by atoms with Crippen molar-refractivity contribution < 1.29 is 27.8 Å². The quantitative estimate of drug-likeness (QED) is 0.727. The molecule has 0 bridgehead atoms. The highest BCUT2D eigenvalue weighted by molar-refractivity contribution is 5.89. The standard InChI is InChI=1S/C17H17F2N3O4/c1-25-17(24)22-12-7-5-11(6-8-12)10-20-16(23)21-13-3-2-4-14(9-13)26-15(18)19/h2-9,15H,10H2,1H3,(H,22,24)(H2,20,21,23). The first-order valence-corrected chi connectivity index (χ1v) is 7.50. The Bertz CT molecular complexity index is 754. The fourth-order valence-electron chi connectivity index (χ4n) is 1.98. The van der Waals surface area contributed by atoms with Crippen LogP contribution in [0.15, 0.2) is 48.5 Å². The maximum Gasteiger partial charge on any atom is 0.411 e. The lowest BCUT2D eigenvalue weighted by Crippen LogP contribution is -2.28. The molecule has 2 rings (SSSR count). The topological polar surface area (TPSA) is 88.7 Å². The lowest BCUT2D eigenvalue weighted by molar-refractivity contribution is -0.0498. The smallest absolute Gasteiger partial charge is 0.411 e. The molecule has 0 atom stereocenters. The average molecular weight is 365 g/mol. The molecule has 2 aromatic rings. The summed E-state index contributed by atoms with van der Waals surface area (Å²) < 4.78 is 33.1. The molecule has 0 spiro atoms. The lowest BCUT2D eigenvalue weighted by Gasteiger charge is -2.10. The number of methoxy groups -OCH3 is 1. The van der Waals surface area contributed by atoms with E-state index in [9.17, 15) is 18.4 Å². The average Bonchev–Trinajstić information content (AvgIpc) is 2.60. The minimum absolute atomic E-state index is 0.0495. The summed E-state index contributed by atoms with van der Waals surface area (Å²) >= 11 is 0. The lowest BCUT2D eigenvalue weighted by atomic mass is 10.2. The van der Waals surface area contributed by atoms with E-state index < -0.39 is 18.7 Å². The number of rotatable bonds is 6. The van der Waals surface area contributed by atoms with Crippen LogP contribution in [0.2, 0.25) is 0 Å². The Morgan fingerprint density at radius 2 is 1.77 bits per heavy atom. The number of urea groups is 1. The van der Waals surface area contributed by atoms with Gasteiger partial charge in [0.2, 0.25) is 0 Å². The molecule has 0 aromatic heterocycles. The molecule has 0 aliphatic carbocycles. The first kappa shape index (κ1) is 19.0. The summed E-state index contributed by atoms with van der Waals surface area (Å²) in [6.07, 6.45) is -0.576. The maximum absolute atomic E-state index is 12.2. The Morgan fingerprint density at radius 1 is 1.04 bits per heavy atom. The fourth-order valence-corrected chi connectivity index (χ4v) is 1.98. The molecule has 2 aromatic carbocycles. The third-order valence-corrected chi connectivity index (χ3v) is 3.16. The predicted molar refractivity (Wildman–Crippen MR) is 91.4 cm³/mol. The number of hydrogen-bond donors (Lipinski definition) is 3. The molecule has 26 heavy (non-hydrogen) atoms. The van der Waals surface area contributed by atoms with Crippen molar-refractivity contribution in [2.75, 3.05) is 17.7 Å². The van der Waals surface area contributed by atoms with Crippen molar-refractivity contribution in [1.82, 2.24) is 5.32 Å². The summed E-state index contributed by atoms with van der Waals surface area (Å²) in [5, 5.41) is 7.66. The van der Waals surface area contributed by atoms with Crippen molar-refractivity contribution in [2.24, 2.45) is 0 Å². The van der Waals surface area contributed by atoms with E-state index in [1.165, 1.54) is 25.3 Å². The molecule has 3 amide bonds. The van der Waals surface area contributed by atoms with Crippen molar-refractivity contribution in [3.8, 4) is 5.75 Å². The molecule has 0 radical (unpaired) electrons. The number of ether oxygens (including phenoxy) is 2. The molecule has 0 aliphatic rings. The van der Waals surface area contributed by atoms with Crippen molar-refractivity contribution in [3.05, 3.63) is 54.1 Å². The van der Waals surface area contributed by atoms with Gasteiger partial charge < -0.3 is 20.1 Å². The van der Waals surface area contributed by atoms with Crippen LogP contribution >= 0.6 is 0 Å². The number of carbonyl (C=O) groups excluding carboxylic acids is 2. The monoisotopic (exact) mass is 365 g/mol. The van der Waals surface area contributed by atoms with Crippen LogP contribution in [0.3, 0.4) is 0 Å². The number of alkyl halides is 2. The number of hydrogen-bond acceptors (Lipinski definition) is 4. The molecule has 7 nitrogen and oxygen atoms in total. The molecular weight excluding hydrogens is 348 g/mol. The van der Waals surface area contributed by atoms with Crippen LogP contribution in [0.5, 0.6) is 5.75 Å². The van der Waals surface area contributed by atoms with Gasteiger partial charge in [0, 0.05) is 24.0 Å². The van der Waals surface area contributed by atoms with Gasteiger partial charge in [-0.05, 0) is 29.8 Å². The molecular formula is C17H17F2N3O4. The third kappa shape index (κ3) is 6.27. The van der Waals surface area contributed by atoms with Crippen LogP contribution in [-0.4, -0.2) is 25.8 Å². The van der Waals surface area contributed by atoms with Gasteiger partial charge in [0.25, 0.3) is 0 Å². The molecule has 9 heteroatoms. The van der Waals surface area contributed by atoms with Gasteiger partial charge in [-0.15, -0.1) is 0 Å². The number of nitrogens with one attached hydrogen (secondary N) is 3. The van der Waals surface area contributed by atoms with Gasteiger partial charge in [0.05, 0.1) is 7.11 Å². The van der Waals surface area contributed by atoms with Gasteiger partial charge in [0.1, 0.15) is 5.75 Å². The van der Waals surface area contributed by atoms with E-state index >= 15 is 0 Å². The SMILES string of the molecule is COC(=O)Nc1ccc(CNC(=O)Nc2cccc(OC(F)F)c2)cc1. The normalized spacial score (nSPS) is 10.2. The van der Waals surface area contributed by atoms with Gasteiger partial charge in [0.15, 0.2) is 0 Å². The first-order chi connectivity index (χ1) is 12.5. The Hall–Kier alpha value is -3.36. The molecule has 0 saturated heterocycles. The Morgan fingerprint density at radius 3 is 2.42 bits per heavy atom. The number of benzene rings is 2. The summed E-state index contributed by atoms with van der Waals surface area (Å²) in [6, 6.07) is 12.0. The van der Waals surface area contributed by atoms with Gasteiger partial charge >= 0.3 is 18.7 Å². The van der Waals surface area contributed by atoms with E-state index in [4.69, 9.17) is 0 Å². The van der Waals surface area contributed by atoms with E-state index in [1.807, 2.05) is 0 Å². The summed E-state index contributed by atoms with van der Waals surface area (Å²) in [4.78, 5) is 23.0. The van der Waals surface area contributed by atoms with Crippen LogP contribution in [0.25, 0.3) is 0 Å². The number of anilines is 2. The largest absolute Gasteiger partial charge is 0.453 e. The maximum atomic E-state index is 12.2. The van der Waals surface area contributed by atoms with Crippen LogP contribution < -0.4 is 20.7 Å². The van der Waals surface area contributed by atoms with Gasteiger partial charge in [-0.3, -0.25) is 5.32 Å². The Kier molecular flexibility index (Phi) is 6.72. The van der Waals surface area contributed by atoms with E-state index in [-0.39, 0.29) is 12.3 Å². The molecule has 0 saturated carbocycles. The highest BCUT2D eigenvalue weighted by atomic mass is 19.3. The fraction of sp³-hybridized carbons (Fsp3) is 0.176. The molecule has 0 fully saturated rings. The molecule has 0 aliphatic heterocycles. The van der Waals surface area contributed by atoms with E-state index in [0.717, 1.165) is 5.56 Å². The molecule has 0 unspecified atom stereocenters. The molecule has 0 heterocycles. The summed E-state index contributed by atoms with van der Waals surface area (Å²) in [5.74, 6) is -0.0495. The van der Waals surface area contributed by atoms with E-state index in [0.29, 0.717) is 11.4 Å². The number of amides is 3. The van der Waals surface area contributed by atoms with Crippen molar-refractivity contribution in [2.45, 2.75) is 13.2 Å². The zero-order valence-corrected chi connectivity index (χ0v) is 13.8. The zero-order chi connectivity index (χ0) is 18.9. The van der Waals surface area contributed by atoms with E-state index in [2.05, 4.69) is 25.4 Å². The second-order valence-electron chi connectivity index (χ2n) is 5.03. The molecule has 3 N–H and O–H groups in total. The van der Waals surface area contributed by atoms with Crippen molar-refractivity contribution in [1.29, 1.82) is 0 Å². The third-order valence-electron chi connectivity index (χ3n) is 3.16. The second kappa shape index (κ2) is 9.21. The highest BCUT2D eigenvalue weighted by Crippen LogP contribution is 2.19. The van der Waals surface area contributed by atoms with Crippen LogP contribution in [0.4, 0.5) is 29.7 Å². The minimum atomic E-state index is -2.93. The Balaban J connectivity index is 1.84. The van der Waals surface area contributed by atoms with Crippen LogP contribution in [0, 0.1) is 0 Å². The Labute approximate surface area is 148 Å². The van der Waals surface area contributed by atoms with Gasteiger partial charge in [-0.2, -0.15) is 8.78 Å². The molecule has 138 valence electrons. The highest BCUT2D eigenvalue weighted by Gasteiger charge is 2.07. The van der Waals surface area contributed by atoms with Crippen LogP contribution in [-0.2, 0) is 11.3 Å². The minimum Gasteiger partial charge on any atom is -0.453 e. The van der Waals surface area contributed by atoms with Crippen molar-refractivity contribution in [3.63, 3.8) is 0 Å². The summed E-state index contributed by atoms with van der Waals surface area (Å²) in [7, 11) is 1.27. The summed E-state index contributed by atoms with van der Waals surface area (Å²) in [6.45, 7) is -2.70. The van der Waals surface area contributed by atoms with Crippen molar-refractivity contribution >= 4 is 23.5 Å². The van der Waals surface area contributed by atoms with E-state index in [1.54, 1.807) is 30.3 Å². The van der Waals surface area contributed by atoms with Gasteiger partial charge in [-0.25, -0.2) is 9.59 Å².